The third-order valence-corrected chi connectivity index (χ3v) is 9.56. The molecule has 2 saturated heterocycles. The van der Waals surface area contributed by atoms with Crippen molar-refractivity contribution in [2.75, 3.05) is 7.05 Å². The molecule has 0 spiro atoms. The first-order chi connectivity index (χ1) is 21.4. The number of ether oxygens (including phenoxy) is 1. The Hall–Kier alpha value is -3.98. The molecule has 2 aromatic heterocycles. The van der Waals surface area contributed by atoms with Crippen LogP contribution in [0.3, 0.4) is 0 Å². The quantitative estimate of drug-likeness (QED) is 0.214. The van der Waals surface area contributed by atoms with Crippen LogP contribution in [0, 0.1) is 6.92 Å². The topological polar surface area (TPSA) is 88.4 Å². The number of esters is 1. The van der Waals surface area contributed by atoms with Crippen LogP contribution in [0.5, 0.6) is 0 Å². The minimum atomic E-state index is -0.193. The molecule has 44 heavy (non-hydrogen) atoms. The zero-order chi connectivity index (χ0) is 30.4. The number of aliphatic imine (C=N–C) groups is 1. The number of hydrogen-bond donors (Lipinski definition) is 1. The van der Waals surface area contributed by atoms with Crippen LogP contribution in [-0.4, -0.2) is 61.6 Å². The predicted octanol–water partition coefficient (Wildman–Crippen LogP) is 7.18. The second kappa shape index (κ2) is 11.8. The zero-order valence-electron chi connectivity index (χ0n) is 24.5. The minimum Gasteiger partial charge on any atom is -0.459 e. The molecule has 3 aliphatic heterocycles. The van der Waals surface area contributed by atoms with Gasteiger partial charge in [0, 0.05) is 63.2 Å². The maximum absolute atomic E-state index is 12.4. The highest BCUT2D eigenvalue weighted by atomic mass is 35.5. The van der Waals surface area contributed by atoms with Crippen LogP contribution in [0.1, 0.15) is 58.8 Å². The Morgan fingerprint density at radius 1 is 0.955 bits per heavy atom. The number of nitrogens with one attached hydrogen (secondary N) is 1. The smallest absolute Gasteiger partial charge is 0.340 e. The summed E-state index contributed by atoms with van der Waals surface area (Å²) >= 11 is 12.6. The van der Waals surface area contributed by atoms with Crippen molar-refractivity contribution < 1.29 is 9.53 Å². The molecule has 0 amide bonds. The third kappa shape index (κ3) is 5.31. The molecule has 5 aromatic rings. The van der Waals surface area contributed by atoms with Crippen molar-refractivity contribution in [2.45, 2.75) is 57.3 Å². The lowest BCUT2D eigenvalue weighted by Crippen LogP contribution is -2.43. The van der Waals surface area contributed by atoms with E-state index < -0.39 is 0 Å². The highest BCUT2D eigenvalue weighted by molar-refractivity contribution is 6.36. The van der Waals surface area contributed by atoms with Crippen LogP contribution < -0.4 is 0 Å². The van der Waals surface area contributed by atoms with Gasteiger partial charge >= 0.3 is 5.97 Å². The number of aryl methyl sites for hydroxylation is 1. The lowest BCUT2D eigenvalue weighted by atomic mass is 10.0. The number of para-hydroxylation sites is 1. The first-order valence-corrected chi connectivity index (χ1v) is 15.6. The van der Waals surface area contributed by atoms with Gasteiger partial charge in [-0.05, 0) is 57.1 Å². The van der Waals surface area contributed by atoms with Gasteiger partial charge in [0.1, 0.15) is 18.5 Å². The summed E-state index contributed by atoms with van der Waals surface area (Å²) in [5.41, 5.74) is 5.21. The Morgan fingerprint density at radius 2 is 1.70 bits per heavy atom. The summed E-state index contributed by atoms with van der Waals surface area (Å²) in [5, 5.41) is 10.6. The summed E-state index contributed by atoms with van der Waals surface area (Å²) in [5.74, 6) is 1.42. The van der Waals surface area contributed by atoms with E-state index >= 15 is 0 Å². The number of hydrogen-bond acceptors (Lipinski definition) is 6. The summed E-state index contributed by atoms with van der Waals surface area (Å²) in [4.78, 5) is 22.8. The van der Waals surface area contributed by atoms with Gasteiger partial charge in [0.25, 0.3) is 0 Å². The molecule has 3 aromatic carbocycles. The van der Waals surface area contributed by atoms with E-state index in [2.05, 4.69) is 27.1 Å². The van der Waals surface area contributed by atoms with E-state index in [9.17, 15) is 4.79 Å². The third-order valence-electron chi connectivity index (χ3n) is 8.99. The van der Waals surface area contributed by atoms with Crippen molar-refractivity contribution >= 4 is 45.8 Å². The standard InChI is InChI=1S/C17H12Cl2N4.C17H20N2O2/c1-10-21-22-16-9-20-17(12-4-2-3-5-14(12)19)13-8-11(18)6-7-15(13)23(10)16;1-19-11-6-7-12(19)9-13(8-11)21-17(20)15-10-18-16-5-3-2-4-14(15)16/h2-8H,9H2,1H3;2-5,10-13,18H,6-9H2,1H3/t;11-,12+,13+. The highest BCUT2D eigenvalue weighted by Crippen LogP contribution is 2.36. The first kappa shape index (κ1) is 28.8. The Balaban J connectivity index is 0.000000143. The fourth-order valence-electron chi connectivity index (χ4n) is 6.75. The number of aromatic nitrogens is 4. The van der Waals surface area contributed by atoms with E-state index in [1.807, 2.05) is 78.2 Å². The molecule has 0 saturated carbocycles. The Kier molecular flexibility index (Phi) is 7.74. The Labute approximate surface area is 265 Å². The largest absolute Gasteiger partial charge is 0.459 e. The second-order valence-corrected chi connectivity index (χ2v) is 12.4. The molecular formula is C34H32Cl2N6O2. The number of piperidine rings is 1. The molecule has 8 rings (SSSR count). The average molecular weight is 628 g/mol. The molecule has 0 unspecified atom stereocenters. The number of nitrogens with zero attached hydrogens (tertiary/aromatic N) is 5. The zero-order valence-corrected chi connectivity index (χ0v) is 26.0. The van der Waals surface area contributed by atoms with Crippen LogP contribution in [0.25, 0.3) is 16.6 Å². The molecule has 3 atom stereocenters. The highest BCUT2D eigenvalue weighted by Gasteiger charge is 2.40. The van der Waals surface area contributed by atoms with Crippen molar-refractivity contribution in [2.24, 2.45) is 4.99 Å². The van der Waals surface area contributed by atoms with Gasteiger partial charge in [-0.3, -0.25) is 9.56 Å². The lowest BCUT2D eigenvalue weighted by Gasteiger charge is -2.35. The van der Waals surface area contributed by atoms with Crippen LogP contribution in [0.2, 0.25) is 10.0 Å². The SMILES string of the molecule is CN1[C@@H]2CC[C@H]1C[C@@H](OC(=O)c1c[nH]c3ccccc13)C2.Cc1nnc2n1-c1ccc(Cl)cc1C(c1ccccc1Cl)=NC2. The van der Waals surface area contributed by atoms with Gasteiger partial charge in [0.05, 0.1) is 17.0 Å². The molecule has 0 radical (unpaired) electrons. The lowest BCUT2D eigenvalue weighted by molar-refractivity contribution is -0.000262. The number of carbonyl (C=O) groups is 1. The van der Waals surface area contributed by atoms with Gasteiger partial charge in [0.15, 0.2) is 5.82 Å². The summed E-state index contributed by atoms with van der Waals surface area (Å²) in [7, 11) is 2.19. The number of rotatable bonds is 3. The molecule has 2 bridgehead atoms. The average Bonchev–Trinajstić information content (AvgIpc) is 3.63. The molecule has 5 heterocycles. The number of carbonyl (C=O) groups excluding carboxylic acids is 1. The second-order valence-electron chi connectivity index (χ2n) is 11.6. The van der Waals surface area contributed by atoms with E-state index in [1.165, 1.54) is 12.8 Å². The summed E-state index contributed by atoms with van der Waals surface area (Å²) in [6.45, 7) is 2.36. The van der Waals surface area contributed by atoms with E-state index in [0.29, 0.717) is 34.2 Å². The molecule has 2 fully saturated rings. The van der Waals surface area contributed by atoms with E-state index in [0.717, 1.165) is 57.9 Å². The number of benzene rings is 3. The van der Waals surface area contributed by atoms with Gasteiger partial charge in [-0.2, -0.15) is 0 Å². The molecule has 8 nitrogen and oxygen atoms in total. The number of aromatic amines is 1. The summed E-state index contributed by atoms with van der Waals surface area (Å²) in [6, 6.07) is 22.4. The Morgan fingerprint density at radius 3 is 2.50 bits per heavy atom. The Bertz CT molecular complexity index is 1880. The fourth-order valence-corrected chi connectivity index (χ4v) is 7.14. The summed E-state index contributed by atoms with van der Waals surface area (Å²) < 4.78 is 7.80. The van der Waals surface area contributed by atoms with Crippen molar-refractivity contribution in [1.29, 1.82) is 0 Å². The van der Waals surface area contributed by atoms with Crippen molar-refractivity contribution in [3.8, 4) is 5.69 Å². The number of halogens is 2. The number of H-pyrrole nitrogens is 1. The molecular weight excluding hydrogens is 595 g/mol. The van der Waals surface area contributed by atoms with E-state index in [1.54, 1.807) is 6.20 Å². The fraction of sp³-hybridized carbons (Fsp3) is 0.294. The molecule has 3 aliphatic rings. The normalized spacial score (nSPS) is 20.6. The van der Waals surface area contributed by atoms with Crippen LogP contribution in [0.4, 0.5) is 0 Å². The van der Waals surface area contributed by atoms with Gasteiger partial charge in [-0.15, -0.1) is 10.2 Å². The first-order valence-electron chi connectivity index (χ1n) is 14.9. The van der Waals surface area contributed by atoms with Crippen LogP contribution in [-0.2, 0) is 11.3 Å². The maximum atomic E-state index is 12.4. The molecule has 1 N–H and O–H groups in total. The van der Waals surface area contributed by atoms with Gasteiger partial charge in [0.2, 0.25) is 0 Å². The van der Waals surface area contributed by atoms with Crippen molar-refractivity contribution in [3.05, 3.63) is 111 Å². The maximum Gasteiger partial charge on any atom is 0.340 e. The van der Waals surface area contributed by atoms with Gasteiger partial charge in [-0.1, -0.05) is 59.6 Å². The van der Waals surface area contributed by atoms with Gasteiger partial charge in [-0.25, -0.2) is 4.79 Å². The van der Waals surface area contributed by atoms with E-state index in [4.69, 9.17) is 32.9 Å². The number of fused-ring (bicyclic) bond motifs is 6. The molecule has 0 aliphatic carbocycles. The van der Waals surface area contributed by atoms with Gasteiger partial charge < -0.3 is 14.6 Å². The minimum absolute atomic E-state index is 0.0693. The van der Waals surface area contributed by atoms with Crippen molar-refractivity contribution in [1.82, 2.24) is 24.6 Å². The van der Waals surface area contributed by atoms with Crippen LogP contribution >= 0.6 is 23.2 Å². The van der Waals surface area contributed by atoms with E-state index in [-0.39, 0.29) is 12.1 Å². The van der Waals surface area contributed by atoms with Crippen LogP contribution in [0.15, 0.2) is 77.9 Å². The monoisotopic (exact) mass is 626 g/mol. The molecule has 224 valence electrons. The van der Waals surface area contributed by atoms with Crippen molar-refractivity contribution in [3.63, 3.8) is 0 Å². The predicted molar refractivity (Wildman–Crippen MR) is 173 cm³/mol. The summed E-state index contributed by atoms with van der Waals surface area (Å²) in [6.07, 6.45) is 6.25. The molecule has 10 heteroatoms.